The van der Waals surface area contributed by atoms with E-state index in [1.54, 1.807) is 24.4 Å². The molecule has 2 rings (SSSR count). The molecule has 1 atom stereocenters. The Morgan fingerprint density at radius 1 is 1.33 bits per heavy atom. The van der Waals surface area contributed by atoms with E-state index in [1.807, 2.05) is 6.92 Å². The third kappa shape index (κ3) is 3.97. The minimum Gasteiger partial charge on any atom is -0.467 e. The number of benzene rings is 1. The maximum atomic E-state index is 13.0. The highest BCUT2D eigenvalue weighted by Gasteiger charge is 2.35. The van der Waals surface area contributed by atoms with Crippen molar-refractivity contribution in [3.05, 3.63) is 41.2 Å². The van der Waals surface area contributed by atoms with Gasteiger partial charge in [0.15, 0.2) is 0 Å². The third-order valence-corrected chi connectivity index (χ3v) is 4.49. The van der Waals surface area contributed by atoms with Gasteiger partial charge in [-0.3, -0.25) is 4.79 Å². The van der Waals surface area contributed by atoms with Crippen LogP contribution >= 0.6 is 11.3 Å². The second-order valence-electron chi connectivity index (χ2n) is 5.57. The molecular formula is C17H19FN2O3S. The number of hydrogen-bond donors (Lipinski definition) is 1. The summed E-state index contributed by atoms with van der Waals surface area (Å²) in [4.78, 5) is 28.6. The Bertz CT molecular complexity index is 730. The quantitative estimate of drug-likeness (QED) is 0.811. The Balaban J connectivity index is 2.18. The van der Waals surface area contributed by atoms with Gasteiger partial charge in [0.05, 0.1) is 7.11 Å². The first kappa shape index (κ1) is 18.1. The number of ether oxygens (including phenoxy) is 1. The molecule has 7 heteroatoms. The smallest absolute Gasteiger partial charge is 0.331 e. The molecule has 1 aromatic carbocycles. The van der Waals surface area contributed by atoms with Gasteiger partial charge < -0.3 is 10.1 Å². The first-order chi connectivity index (χ1) is 11.4. The van der Waals surface area contributed by atoms with Crippen LogP contribution in [0.3, 0.4) is 0 Å². The van der Waals surface area contributed by atoms with E-state index in [2.05, 4.69) is 10.3 Å². The fourth-order valence-electron chi connectivity index (χ4n) is 2.36. The molecule has 0 aliphatic heterocycles. The van der Waals surface area contributed by atoms with E-state index in [4.69, 9.17) is 4.74 Å². The molecule has 0 aliphatic carbocycles. The number of aromatic nitrogens is 1. The molecule has 0 saturated heterocycles. The van der Waals surface area contributed by atoms with Gasteiger partial charge in [0.25, 0.3) is 5.91 Å². The average molecular weight is 350 g/mol. The zero-order valence-electron chi connectivity index (χ0n) is 13.8. The van der Waals surface area contributed by atoms with E-state index in [0.29, 0.717) is 17.8 Å². The molecule has 0 radical (unpaired) electrons. The number of esters is 1. The van der Waals surface area contributed by atoms with Crippen LogP contribution in [0.2, 0.25) is 0 Å². The number of rotatable bonds is 6. The van der Waals surface area contributed by atoms with Crippen molar-refractivity contribution in [2.45, 2.75) is 32.2 Å². The molecule has 1 amide bonds. The zero-order valence-corrected chi connectivity index (χ0v) is 14.6. The average Bonchev–Trinajstić information content (AvgIpc) is 3.05. The van der Waals surface area contributed by atoms with Gasteiger partial charge in [-0.25, -0.2) is 14.2 Å². The van der Waals surface area contributed by atoms with Crippen LogP contribution in [0.25, 0.3) is 10.6 Å². The number of carbonyl (C=O) groups is 2. The lowest BCUT2D eigenvalue weighted by molar-refractivity contribution is -0.147. The molecule has 24 heavy (non-hydrogen) atoms. The molecule has 0 bridgehead atoms. The van der Waals surface area contributed by atoms with Crippen LogP contribution in [0, 0.1) is 5.82 Å². The number of halogens is 1. The molecule has 128 valence electrons. The number of carbonyl (C=O) groups excluding carboxylic acids is 2. The summed E-state index contributed by atoms with van der Waals surface area (Å²) >= 11 is 1.28. The van der Waals surface area contributed by atoms with Gasteiger partial charge in [-0.05, 0) is 37.6 Å². The highest BCUT2D eigenvalue weighted by Crippen LogP contribution is 2.24. The second kappa shape index (κ2) is 7.53. The highest BCUT2D eigenvalue weighted by atomic mass is 32.1. The van der Waals surface area contributed by atoms with Crippen molar-refractivity contribution in [3.63, 3.8) is 0 Å². The van der Waals surface area contributed by atoms with Gasteiger partial charge >= 0.3 is 5.97 Å². The van der Waals surface area contributed by atoms with Crippen LogP contribution in [0.5, 0.6) is 0 Å². The lowest BCUT2D eigenvalue weighted by atomic mass is 9.96. The first-order valence-electron chi connectivity index (χ1n) is 7.52. The topological polar surface area (TPSA) is 68.3 Å². The number of thiazole rings is 1. The number of amides is 1. The maximum Gasteiger partial charge on any atom is 0.331 e. The summed E-state index contributed by atoms with van der Waals surface area (Å²) in [6.07, 6.45) is 1.17. The summed E-state index contributed by atoms with van der Waals surface area (Å²) in [6.45, 7) is 3.55. The van der Waals surface area contributed by atoms with Crippen molar-refractivity contribution in [2.24, 2.45) is 0 Å². The molecule has 0 fully saturated rings. The van der Waals surface area contributed by atoms with Crippen molar-refractivity contribution < 1.29 is 18.7 Å². The van der Waals surface area contributed by atoms with Crippen molar-refractivity contribution >= 4 is 23.2 Å². The van der Waals surface area contributed by atoms with Gasteiger partial charge in [0.1, 0.15) is 22.1 Å². The van der Waals surface area contributed by atoms with Crippen LogP contribution in [0.4, 0.5) is 4.39 Å². The predicted molar refractivity (Wildman–Crippen MR) is 90.3 cm³/mol. The number of hydrogen-bond acceptors (Lipinski definition) is 5. The first-order valence-corrected chi connectivity index (χ1v) is 8.40. The molecule has 1 unspecified atom stereocenters. The van der Waals surface area contributed by atoms with Crippen LogP contribution < -0.4 is 5.32 Å². The molecule has 0 saturated carbocycles. The lowest BCUT2D eigenvalue weighted by Gasteiger charge is -2.27. The minimum atomic E-state index is -1.10. The van der Waals surface area contributed by atoms with Crippen molar-refractivity contribution in [1.29, 1.82) is 0 Å². The molecule has 1 heterocycles. The van der Waals surface area contributed by atoms with Crippen LogP contribution in [0.15, 0.2) is 29.6 Å². The third-order valence-electron chi connectivity index (χ3n) is 3.60. The fraction of sp³-hybridized carbons (Fsp3) is 0.353. The minimum absolute atomic E-state index is 0.213. The van der Waals surface area contributed by atoms with Gasteiger partial charge in [0.2, 0.25) is 0 Å². The number of nitrogens with zero attached hydrogens (tertiary/aromatic N) is 1. The molecule has 0 spiro atoms. The predicted octanol–water partition coefficient (Wildman–Crippen LogP) is 3.41. The molecule has 0 aliphatic rings. The normalized spacial score (nSPS) is 13.2. The molecular weight excluding hydrogens is 331 g/mol. The molecule has 1 aromatic heterocycles. The Labute approximate surface area is 143 Å². The maximum absolute atomic E-state index is 13.0. The molecule has 2 aromatic rings. The van der Waals surface area contributed by atoms with Gasteiger partial charge in [0, 0.05) is 10.9 Å². The Morgan fingerprint density at radius 3 is 2.58 bits per heavy atom. The van der Waals surface area contributed by atoms with E-state index in [0.717, 1.165) is 5.56 Å². The molecule has 5 nitrogen and oxygen atoms in total. The number of methoxy groups -OCH3 is 1. The summed E-state index contributed by atoms with van der Waals surface area (Å²) in [5.74, 6) is -1.27. The highest BCUT2D eigenvalue weighted by molar-refractivity contribution is 7.13. The standard InChI is InChI=1S/C17H19FN2O3S/c1-4-9-17(2,16(22)23-3)20-14(21)13-10-24-15(19-13)11-5-7-12(18)8-6-11/h5-8,10H,4,9H2,1-3H3,(H,20,21). The van der Waals surface area contributed by atoms with E-state index in [9.17, 15) is 14.0 Å². The Morgan fingerprint density at radius 2 is 2.00 bits per heavy atom. The van der Waals surface area contributed by atoms with E-state index >= 15 is 0 Å². The van der Waals surface area contributed by atoms with E-state index in [-0.39, 0.29) is 11.5 Å². The van der Waals surface area contributed by atoms with Crippen LogP contribution in [-0.4, -0.2) is 29.5 Å². The summed E-state index contributed by atoms with van der Waals surface area (Å²) < 4.78 is 17.8. The van der Waals surface area contributed by atoms with Crippen molar-refractivity contribution in [3.8, 4) is 10.6 Å². The van der Waals surface area contributed by atoms with Gasteiger partial charge in [-0.15, -0.1) is 11.3 Å². The number of nitrogens with one attached hydrogen (secondary N) is 1. The second-order valence-corrected chi connectivity index (χ2v) is 6.43. The van der Waals surface area contributed by atoms with Crippen LogP contribution in [0.1, 0.15) is 37.2 Å². The molecule has 1 N–H and O–H groups in total. The van der Waals surface area contributed by atoms with Crippen LogP contribution in [-0.2, 0) is 9.53 Å². The Kier molecular flexibility index (Phi) is 5.66. The van der Waals surface area contributed by atoms with Gasteiger partial charge in [-0.2, -0.15) is 0 Å². The van der Waals surface area contributed by atoms with Crippen molar-refractivity contribution in [2.75, 3.05) is 7.11 Å². The van der Waals surface area contributed by atoms with Crippen molar-refractivity contribution in [1.82, 2.24) is 10.3 Å². The monoisotopic (exact) mass is 350 g/mol. The fourth-order valence-corrected chi connectivity index (χ4v) is 3.16. The van der Waals surface area contributed by atoms with E-state index in [1.165, 1.54) is 30.6 Å². The Hall–Kier alpha value is -2.28. The van der Waals surface area contributed by atoms with Gasteiger partial charge in [-0.1, -0.05) is 13.3 Å². The zero-order chi connectivity index (χ0) is 17.7. The summed E-state index contributed by atoms with van der Waals surface area (Å²) in [5.41, 5.74) is -0.157. The SMILES string of the molecule is CCCC(C)(NC(=O)c1csc(-c2ccc(F)cc2)n1)C(=O)OC. The summed E-state index contributed by atoms with van der Waals surface area (Å²) in [5, 5.41) is 4.92. The van der Waals surface area contributed by atoms with E-state index < -0.39 is 17.4 Å². The largest absolute Gasteiger partial charge is 0.467 e. The lowest BCUT2D eigenvalue weighted by Crippen LogP contribution is -2.52. The summed E-state index contributed by atoms with van der Waals surface area (Å²) in [6, 6.07) is 5.88. The summed E-state index contributed by atoms with van der Waals surface area (Å²) in [7, 11) is 1.29.